The molecule has 1 aliphatic rings. The highest BCUT2D eigenvalue weighted by Crippen LogP contribution is 2.33. The number of hydrogen-bond donors (Lipinski definition) is 1. The Labute approximate surface area is 127 Å². The second kappa shape index (κ2) is 5.59. The molecule has 1 fully saturated rings. The lowest BCUT2D eigenvalue weighted by Gasteiger charge is -2.29. The number of amides is 1. The summed E-state index contributed by atoms with van der Waals surface area (Å²) in [6, 6.07) is 6.69. The average molecular weight is 300 g/mol. The number of aromatic nitrogens is 1. The van der Waals surface area contributed by atoms with Crippen molar-refractivity contribution in [2.24, 2.45) is 0 Å². The van der Waals surface area contributed by atoms with Gasteiger partial charge in [0, 0.05) is 32.3 Å². The topological polar surface area (TPSA) is 88.4 Å². The maximum atomic E-state index is 11.8. The van der Waals surface area contributed by atoms with Crippen molar-refractivity contribution in [3.63, 3.8) is 0 Å². The summed E-state index contributed by atoms with van der Waals surface area (Å²) in [6.45, 7) is 0.652. The average Bonchev–Trinajstić information content (AvgIpc) is 2.50. The van der Waals surface area contributed by atoms with Gasteiger partial charge in [0.05, 0.1) is 15.8 Å². The van der Waals surface area contributed by atoms with Crippen molar-refractivity contribution < 1.29 is 9.72 Å². The van der Waals surface area contributed by atoms with E-state index in [2.05, 4.69) is 10.3 Å². The fraction of sp³-hybridized carbons (Fsp3) is 0.333. The molecule has 0 radical (unpaired) electrons. The van der Waals surface area contributed by atoms with Crippen molar-refractivity contribution in [1.29, 1.82) is 0 Å². The molecular weight excluding hydrogens is 284 g/mol. The van der Waals surface area contributed by atoms with Crippen LogP contribution in [0.25, 0.3) is 10.9 Å². The third-order valence-corrected chi connectivity index (χ3v) is 3.96. The first-order chi connectivity index (χ1) is 10.6. The van der Waals surface area contributed by atoms with E-state index in [1.807, 2.05) is 0 Å². The summed E-state index contributed by atoms with van der Waals surface area (Å²) in [4.78, 5) is 28.6. The summed E-state index contributed by atoms with van der Waals surface area (Å²) >= 11 is 0. The van der Waals surface area contributed by atoms with Crippen LogP contribution in [-0.4, -0.2) is 40.3 Å². The van der Waals surface area contributed by atoms with Gasteiger partial charge in [-0.3, -0.25) is 19.9 Å². The van der Waals surface area contributed by atoms with Gasteiger partial charge in [-0.25, -0.2) is 0 Å². The van der Waals surface area contributed by atoms with Crippen LogP contribution in [0.1, 0.15) is 12.8 Å². The van der Waals surface area contributed by atoms with E-state index >= 15 is 0 Å². The molecule has 1 unspecified atom stereocenters. The van der Waals surface area contributed by atoms with Crippen LogP contribution in [0.15, 0.2) is 30.5 Å². The third-order valence-electron chi connectivity index (χ3n) is 3.96. The van der Waals surface area contributed by atoms with Crippen molar-refractivity contribution in [2.75, 3.05) is 18.9 Å². The van der Waals surface area contributed by atoms with Crippen LogP contribution >= 0.6 is 0 Å². The summed E-state index contributed by atoms with van der Waals surface area (Å²) < 4.78 is 0. The number of nitro benzene ring substituents is 1. The van der Waals surface area contributed by atoms with E-state index in [1.54, 1.807) is 42.4 Å². The Morgan fingerprint density at radius 2 is 2.23 bits per heavy atom. The SMILES string of the molecule is CN1CCC(Nc2ccc3ncccc3c2[N+](=O)[O-])CC1=O. The Morgan fingerprint density at radius 3 is 2.95 bits per heavy atom. The van der Waals surface area contributed by atoms with Crippen LogP contribution in [0.2, 0.25) is 0 Å². The quantitative estimate of drug-likeness (QED) is 0.693. The molecule has 1 amide bonds. The van der Waals surface area contributed by atoms with Crippen LogP contribution in [0.3, 0.4) is 0 Å². The van der Waals surface area contributed by atoms with Gasteiger partial charge >= 0.3 is 5.69 Å². The molecule has 0 saturated carbocycles. The lowest BCUT2D eigenvalue weighted by molar-refractivity contribution is -0.382. The first kappa shape index (κ1) is 14.2. The van der Waals surface area contributed by atoms with Gasteiger partial charge in [-0.2, -0.15) is 0 Å². The molecule has 114 valence electrons. The Balaban J connectivity index is 1.95. The van der Waals surface area contributed by atoms with E-state index in [9.17, 15) is 14.9 Å². The number of nitrogens with zero attached hydrogens (tertiary/aromatic N) is 3. The molecule has 1 aliphatic heterocycles. The Morgan fingerprint density at radius 1 is 1.41 bits per heavy atom. The zero-order chi connectivity index (χ0) is 15.7. The maximum absolute atomic E-state index is 11.8. The molecule has 7 heteroatoms. The molecule has 0 aliphatic carbocycles. The van der Waals surface area contributed by atoms with Crippen LogP contribution in [0, 0.1) is 10.1 Å². The van der Waals surface area contributed by atoms with Crippen LogP contribution < -0.4 is 5.32 Å². The minimum absolute atomic E-state index is 0.0111. The second-order valence-corrected chi connectivity index (χ2v) is 5.44. The van der Waals surface area contributed by atoms with E-state index in [1.165, 1.54) is 0 Å². The standard InChI is InChI=1S/C15H16N4O3/c1-18-8-6-10(9-14(18)20)17-13-5-4-12-11(3-2-7-16-12)15(13)19(21)22/h2-5,7,10,17H,6,8-9H2,1H3. The van der Waals surface area contributed by atoms with Crippen molar-refractivity contribution in [2.45, 2.75) is 18.9 Å². The number of nitrogens with one attached hydrogen (secondary N) is 1. The molecule has 22 heavy (non-hydrogen) atoms. The monoisotopic (exact) mass is 300 g/mol. The Hall–Kier alpha value is -2.70. The van der Waals surface area contributed by atoms with Crippen LogP contribution in [-0.2, 0) is 4.79 Å². The molecule has 1 atom stereocenters. The number of hydrogen-bond acceptors (Lipinski definition) is 5. The lowest BCUT2D eigenvalue weighted by atomic mass is 10.0. The van der Waals surface area contributed by atoms with E-state index < -0.39 is 4.92 Å². The number of nitro groups is 1. The zero-order valence-electron chi connectivity index (χ0n) is 12.2. The first-order valence-electron chi connectivity index (χ1n) is 7.09. The van der Waals surface area contributed by atoms with Gasteiger partial charge in [0.25, 0.3) is 0 Å². The number of pyridine rings is 1. The molecule has 2 heterocycles. The van der Waals surface area contributed by atoms with Crippen molar-refractivity contribution in [1.82, 2.24) is 9.88 Å². The highest BCUT2D eigenvalue weighted by Gasteiger charge is 2.26. The molecular formula is C15H16N4O3. The van der Waals surface area contributed by atoms with Gasteiger partial charge in [0.1, 0.15) is 5.69 Å². The number of fused-ring (bicyclic) bond motifs is 1. The van der Waals surface area contributed by atoms with Gasteiger partial charge in [0.15, 0.2) is 0 Å². The maximum Gasteiger partial charge on any atom is 0.301 e. The van der Waals surface area contributed by atoms with Crippen molar-refractivity contribution in [3.8, 4) is 0 Å². The number of carbonyl (C=O) groups excluding carboxylic acids is 1. The number of likely N-dealkylation sites (tertiary alicyclic amines) is 1. The van der Waals surface area contributed by atoms with Crippen molar-refractivity contribution in [3.05, 3.63) is 40.6 Å². The summed E-state index contributed by atoms with van der Waals surface area (Å²) in [6.07, 6.45) is 2.72. The van der Waals surface area contributed by atoms with Gasteiger partial charge in [0.2, 0.25) is 5.91 Å². The molecule has 1 aromatic heterocycles. The van der Waals surface area contributed by atoms with Gasteiger partial charge in [-0.1, -0.05) is 0 Å². The highest BCUT2D eigenvalue weighted by molar-refractivity contribution is 5.94. The molecule has 1 N–H and O–H groups in total. The summed E-state index contributed by atoms with van der Waals surface area (Å²) in [7, 11) is 1.77. The molecule has 2 aromatic rings. The van der Waals surface area contributed by atoms with Gasteiger partial charge < -0.3 is 10.2 Å². The smallest absolute Gasteiger partial charge is 0.301 e. The minimum atomic E-state index is -0.400. The fourth-order valence-corrected chi connectivity index (χ4v) is 2.74. The van der Waals surface area contributed by atoms with E-state index in [-0.39, 0.29) is 17.6 Å². The van der Waals surface area contributed by atoms with E-state index in [0.29, 0.717) is 29.6 Å². The summed E-state index contributed by atoms with van der Waals surface area (Å²) in [5.41, 5.74) is 1.03. The van der Waals surface area contributed by atoms with Crippen LogP contribution in [0.5, 0.6) is 0 Å². The Bertz CT molecular complexity index is 747. The normalized spacial score (nSPS) is 18.5. The van der Waals surface area contributed by atoms with E-state index in [4.69, 9.17) is 0 Å². The molecule has 3 rings (SSSR count). The second-order valence-electron chi connectivity index (χ2n) is 5.44. The van der Waals surface area contributed by atoms with Crippen molar-refractivity contribution >= 4 is 28.2 Å². The highest BCUT2D eigenvalue weighted by atomic mass is 16.6. The zero-order valence-corrected chi connectivity index (χ0v) is 12.2. The lowest BCUT2D eigenvalue weighted by Crippen LogP contribution is -2.41. The molecule has 1 saturated heterocycles. The first-order valence-corrected chi connectivity index (χ1v) is 7.09. The largest absolute Gasteiger partial charge is 0.376 e. The number of benzene rings is 1. The molecule has 1 aromatic carbocycles. The number of carbonyl (C=O) groups is 1. The number of rotatable bonds is 3. The van der Waals surface area contributed by atoms with Gasteiger partial charge in [-0.05, 0) is 30.7 Å². The number of piperidine rings is 1. The summed E-state index contributed by atoms with van der Waals surface area (Å²) in [5, 5.41) is 15.1. The molecule has 0 spiro atoms. The minimum Gasteiger partial charge on any atom is -0.376 e. The fourth-order valence-electron chi connectivity index (χ4n) is 2.74. The predicted octanol–water partition coefficient (Wildman–Crippen LogP) is 2.18. The van der Waals surface area contributed by atoms with Gasteiger partial charge in [-0.15, -0.1) is 0 Å². The van der Waals surface area contributed by atoms with E-state index in [0.717, 1.165) is 6.42 Å². The summed E-state index contributed by atoms with van der Waals surface area (Å²) in [5.74, 6) is 0.0499. The van der Waals surface area contributed by atoms with Crippen LogP contribution in [0.4, 0.5) is 11.4 Å². The Kier molecular flexibility index (Phi) is 3.62. The molecule has 7 nitrogen and oxygen atoms in total. The third kappa shape index (κ3) is 2.57. The number of anilines is 1. The predicted molar refractivity (Wildman–Crippen MR) is 82.7 cm³/mol. The molecule has 0 bridgehead atoms.